The van der Waals surface area contributed by atoms with E-state index in [2.05, 4.69) is 0 Å². The van der Waals surface area contributed by atoms with E-state index in [0.29, 0.717) is 37.4 Å². The van der Waals surface area contributed by atoms with Crippen molar-refractivity contribution >= 4 is 11.9 Å². The first kappa shape index (κ1) is 17.1. The molecule has 126 valence electrons. The van der Waals surface area contributed by atoms with Crippen molar-refractivity contribution in [3.63, 3.8) is 0 Å². The fourth-order valence-corrected chi connectivity index (χ4v) is 2.72. The van der Waals surface area contributed by atoms with Crippen molar-refractivity contribution in [1.82, 2.24) is 4.90 Å². The molecule has 2 rings (SSSR count). The lowest BCUT2D eigenvalue weighted by molar-refractivity contribution is -0.150. The van der Waals surface area contributed by atoms with Gasteiger partial charge in [0, 0.05) is 13.1 Å². The maximum absolute atomic E-state index is 12.5. The Hall–Kier alpha value is -2.24. The normalized spacial score (nSPS) is 16.6. The summed E-state index contributed by atoms with van der Waals surface area (Å²) >= 11 is 0. The first-order valence-corrected chi connectivity index (χ1v) is 7.73. The van der Waals surface area contributed by atoms with Crippen LogP contribution in [0.5, 0.6) is 11.5 Å². The highest BCUT2D eigenvalue weighted by molar-refractivity contribution is 5.81. The van der Waals surface area contributed by atoms with Crippen molar-refractivity contribution in [2.45, 2.75) is 25.9 Å². The van der Waals surface area contributed by atoms with Crippen LogP contribution in [0.15, 0.2) is 24.3 Å². The highest BCUT2D eigenvalue weighted by Gasteiger charge is 2.30. The SMILES string of the molecule is COC(=O)C1CCN(C(=O)[C@@H](C)Oc2ccccc2OC)CC1. The number of hydrogen-bond donors (Lipinski definition) is 0. The van der Waals surface area contributed by atoms with Gasteiger partial charge in [0.2, 0.25) is 0 Å². The molecule has 1 aromatic carbocycles. The first-order chi connectivity index (χ1) is 11.1. The Morgan fingerprint density at radius 1 is 1.13 bits per heavy atom. The third-order valence-corrected chi connectivity index (χ3v) is 4.06. The second kappa shape index (κ2) is 7.85. The van der Waals surface area contributed by atoms with Crippen molar-refractivity contribution in [2.75, 3.05) is 27.3 Å². The molecule has 0 aliphatic carbocycles. The summed E-state index contributed by atoms with van der Waals surface area (Å²) in [4.78, 5) is 25.8. The zero-order valence-corrected chi connectivity index (χ0v) is 13.8. The van der Waals surface area contributed by atoms with E-state index in [9.17, 15) is 9.59 Å². The molecular weight excluding hydrogens is 298 g/mol. The van der Waals surface area contributed by atoms with Crippen LogP contribution in [0.4, 0.5) is 0 Å². The standard InChI is InChI=1S/C17H23NO5/c1-12(23-15-7-5-4-6-14(15)21-2)16(19)18-10-8-13(9-11-18)17(20)22-3/h4-7,12-13H,8-11H2,1-3H3/t12-/m1/s1. The number of nitrogens with zero attached hydrogens (tertiary/aromatic N) is 1. The Balaban J connectivity index is 1.92. The summed E-state index contributed by atoms with van der Waals surface area (Å²) in [6.45, 7) is 2.80. The number of amides is 1. The topological polar surface area (TPSA) is 65.1 Å². The summed E-state index contributed by atoms with van der Waals surface area (Å²) in [6, 6.07) is 7.23. The van der Waals surface area contributed by atoms with Gasteiger partial charge in [-0.05, 0) is 31.9 Å². The highest BCUT2D eigenvalue weighted by atomic mass is 16.5. The summed E-state index contributed by atoms with van der Waals surface area (Å²) < 4.78 is 15.7. The van der Waals surface area contributed by atoms with Crippen LogP contribution in [0.3, 0.4) is 0 Å². The molecule has 0 N–H and O–H groups in total. The number of hydrogen-bond acceptors (Lipinski definition) is 5. The Labute approximate surface area is 136 Å². The Morgan fingerprint density at radius 3 is 2.30 bits per heavy atom. The van der Waals surface area contributed by atoms with Crippen molar-refractivity contribution in [2.24, 2.45) is 5.92 Å². The van der Waals surface area contributed by atoms with Gasteiger partial charge in [0.05, 0.1) is 20.1 Å². The number of carbonyl (C=O) groups excluding carboxylic acids is 2. The molecule has 1 saturated heterocycles. The predicted octanol–water partition coefficient (Wildman–Crippen LogP) is 1.87. The Kier molecular flexibility index (Phi) is 5.84. The Morgan fingerprint density at radius 2 is 1.74 bits per heavy atom. The van der Waals surface area contributed by atoms with E-state index in [-0.39, 0.29) is 17.8 Å². The van der Waals surface area contributed by atoms with E-state index in [1.165, 1.54) is 7.11 Å². The third kappa shape index (κ3) is 4.15. The van der Waals surface area contributed by atoms with Gasteiger partial charge in [0.15, 0.2) is 17.6 Å². The predicted molar refractivity (Wildman–Crippen MR) is 84.4 cm³/mol. The summed E-state index contributed by atoms with van der Waals surface area (Å²) in [6.07, 6.45) is 0.639. The largest absolute Gasteiger partial charge is 0.493 e. The van der Waals surface area contributed by atoms with Crippen molar-refractivity contribution in [3.8, 4) is 11.5 Å². The minimum atomic E-state index is -0.610. The van der Waals surface area contributed by atoms with Crippen LogP contribution >= 0.6 is 0 Å². The summed E-state index contributed by atoms with van der Waals surface area (Å²) in [7, 11) is 2.95. The number of piperidine rings is 1. The van der Waals surface area contributed by atoms with Gasteiger partial charge in [-0.3, -0.25) is 9.59 Å². The molecule has 0 saturated carbocycles. The minimum absolute atomic E-state index is 0.0841. The molecule has 1 aromatic rings. The number of carbonyl (C=O) groups is 2. The van der Waals surface area contributed by atoms with Gasteiger partial charge in [0.25, 0.3) is 5.91 Å². The molecule has 1 aliphatic heterocycles. The van der Waals surface area contributed by atoms with Gasteiger partial charge in [-0.1, -0.05) is 12.1 Å². The van der Waals surface area contributed by atoms with Crippen LogP contribution in [-0.2, 0) is 14.3 Å². The molecule has 1 aliphatic rings. The van der Waals surface area contributed by atoms with Crippen molar-refractivity contribution in [1.29, 1.82) is 0 Å². The number of rotatable bonds is 5. The monoisotopic (exact) mass is 321 g/mol. The number of benzene rings is 1. The summed E-state index contributed by atoms with van der Waals surface area (Å²) in [5.74, 6) is 0.737. The molecule has 0 unspecified atom stereocenters. The minimum Gasteiger partial charge on any atom is -0.493 e. The van der Waals surface area contributed by atoms with Gasteiger partial charge in [-0.2, -0.15) is 0 Å². The van der Waals surface area contributed by atoms with E-state index in [1.54, 1.807) is 31.1 Å². The van der Waals surface area contributed by atoms with Crippen LogP contribution in [0.2, 0.25) is 0 Å². The van der Waals surface area contributed by atoms with Crippen LogP contribution in [0.25, 0.3) is 0 Å². The van der Waals surface area contributed by atoms with Crippen LogP contribution < -0.4 is 9.47 Å². The maximum atomic E-state index is 12.5. The number of likely N-dealkylation sites (tertiary alicyclic amines) is 1. The van der Waals surface area contributed by atoms with Gasteiger partial charge in [-0.15, -0.1) is 0 Å². The lowest BCUT2D eigenvalue weighted by Crippen LogP contribution is -2.45. The zero-order valence-electron chi connectivity index (χ0n) is 13.8. The molecule has 1 atom stereocenters. The fourth-order valence-electron chi connectivity index (χ4n) is 2.72. The molecule has 1 heterocycles. The Bertz CT molecular complexity index is 552. The average molecular weight is 321 g/mol. The molecule has 6 nitrogen and oxygen atoms in total. The summed E-state index contributed by atoms with van der Waals surface area (Å²) in [5, 5.41) is 0. The second-order valence-corrected chi connectivity index (χ2v) is 5.53. The second-order valence-electron chi connectivity index (χ2n) is 5.53. The van der Waals surface area contributed by atoms with Gasteiger partial charge in [-0.25, -0.2) is 0 Å². The molecule has 1 amide bonds. The number of para-hydroxylation sites is 2. The van der Waals surface area contributed by atoms with E-state index in [1.807, 2.05) is 12.1 Å². The maximum Gasteiger partial charge on any atom is 0.308 e. The molecule has 23 heavy (non-hydrogen) atoms. The lowest BCUT2D eigenvalue weighted by atomic mass is 9.97. The molecule has 0 aromatic heterocycles. The smallest absolute Gasteiger partial charge is 0.308 e. The molecule has 6 heteroatoms. The average Bonchev–Trinajstić information content (AvgIpc) is 2.61. The van der Waals surface area contributed by atoms with Gasteiger partial charge < -0.3 is 19.1 Å². The number of ether oxygens (including phenoxy) is 3. The molecule has 0 bridgehead atoms. The van der Waals surface area contributed by atoms with Gasteiger partial charge >= 0.3 is 5.97 Å². The molecule has 0 spiro atoms. The highest BCUT2D eigenvalue weighted by Crippen LogP contribution is 2.27. The first-order valence-electron chi connectivity index (χ1n) is 7.73. The molecule has 1 fully saturated rings. The number of methoxy groups -OCH3 is 2. The van der Waals surface area contributed by atoms with Crippen LogP contribution in [0, 0.1) is 5.92 Å². The van der Waals surface area contributed by atoms with Crippen molar-refractivity contribution in [3.05, 3.63) is 24.3 Å². The summed E-state index contributed by atoms with van der Waals surface area (Å²) in [5.41, 5.74) is 0. The fraction of sp³-hybridized carbons (Fsp3) is 0.529. The quantitative estimate of drug-likeness (QED) is 0.775. The third-order valence-electron chi connectivity index (χ3n) is 4.06. The van der Waals surface area contributed by atoms with Gasteiger partial charge in [0.1, 0.15) is 0 Å². The van der Waals surface area contributed by atoms with Crippen molar-refractivity contribution < 1.29 is 23.8 Å². The van der Waals surface area contributed by atoms with E-state index in [0.717, 1.165) is 0 Å². The van der Waals surface area contributed by atoms with E-state index >= 15 is 0 Å². The van der Waals surface area contributed by atoms with E-state index in [4.69, 9.17) is 14.2 Å². The van der Waals surface area contributed by atoms with Crippen LogP contribution in [0.1, 0.15) is 19.8 Å². The molecular formula is C17H23NO5. The number of esters is 1. The molecule has 0 radical (unpaired) electrons. The van der Waals surface area contributed by atoms with Crippen LogP contribution in [-0.4, -0.2) is 50.2 Å². The lowest BCUT2D eigenvalue weighted by Gasteiger charge is -2.32. The van der Waals surface area contributed by atoms with E-state index < -0.39 is 6.10 Å². The zero-order chi connectivity index (χ0) is 16.8.